The molecule has 1 aliphatic heterocycles. The minimum absolute atomic E-state index is 0.0472. The maximum atomic E-state index is 13.4. The van der Waals surface area contributed by atoms with Crippen molar-refractivity contribution in [2.75, 3.05) is 4.90 Å². The Morgan fingerprint density at radius 3 is 1.98 bits per heavy atom. The third-order valence-corrected chi connectivity index (χ3v) is 7.73. The van der Waals surface area contributed by atoms with E-state index in [4.69, 9.17) is 0 Å². The third kappa shape index (κ3) is 5.55. The average Bonchev–Trinajstić information content (AvgIpc) is 3.19. The number of imide groups is 2. The second-order valence-electron chi connectivity index (χ2n) is 9.81. The Balaban J connectivity index is 1.42. The van der Waals surface area contributed by atoms with E-state index in [2.05, 4.69) is 5.32 Å². The van der Waals surface area contributed by atoms with Gasteiger partial charge in [0.15, 0.2) is 0 Å². The SMILES string of the molecule is Cc1cc(C)cc(N2C(=O)NC(=O)/C(=C\c3cc(C)n(-c4ccc(Sc5ccc([N+](=O)[O-])cc5)cc4)c3C)C2=O)c1. The van der Waals surface area contributed by atoms with E-state index in [1.54, 1.807) is 24.3 Å². The molecule has 0 aliphatic carbocycles. The molecular formula is C31H26N4O5S. The van der Waals surface area contributed by atoms with Crippen molar-refractivity contribution < 1.29 is 19.3 Å². The minimum Gasteiger partial charge on any atom is -0.318 e. The van der Waals surface area contributed by atoms with E-state index in [-0.39, 0.29) is 11.3 Å². The van der Waals surface area contributed by atoms with E-state index in [9.17, 15) is 24.5 Å². The summed E-state index contributed by atoms with van der Waals surface area (Å²) >= 11 is 1.49. The summed E-state index contributed by atoms with van der Waals surface area (Å²) in [7, 11) is 0. The van der Waals surface area contributed by atoms with E-state index in [0.29, 0.717) is 11.3 Å². The summed E-state index contributed by atoms with van der Waals surface area (Å²) in [6, 6.07) is 20.7. The molecule has 4 aromatic rings. The molecule has 0 unspecified atom stereocenters. The number of anilines is 1. The average molecular weight is 567 g/mol. The molecule has 1 aliphatic rings. The standard InChI is InChI=1S/C31H26N4O5S/c1-18-13-19(2)15-25(14-18)34-30(37)28(29(36)32-31(34)38)17-22-16-20(3)33(21(22)4)23-5-9-26(10-6-23)41-27-11-7-24(8-12-27)35(39)40/h5-17H,1-4H3,(H,32,36,38)/b28-17+. The molecule has 2 heterocycles. The van der Waals surface area contributed by atoms with Crippen molar-refractivity contribution >= 4 is 47.1 Å². The lowest BCUT2D eigenvalue weighted by Crippen LogP contribution is -2.54. The molecule has 0 radical (unpaired) electrons. The van der Waals surface area contributed by atoms with Gasteiger partial charge in [-0.2, -0.15) is 0 Å². The van der Waals surface area contributed by atoms with Crippen LogP contribution in [-0.2, 0) is 9.59 Å². The van der Waals surface area contributed by atoms with Crippen LogP contribution in [0.2, 0.25) is 0 Å². The third-order valence-electron chi connectivity index (χ3n) is 6.71. The first-order valence-corrected chi connectivity index (χ1v) is 13.5. The zero-order valence-corrected chi connectivity index (χ0v) is 23.6. The Morgan fingerprint density at radius 1 is 0.805 bits per heavy atom. The number of nitrogens with zero attached hydrogens (tertiary/aromatic N) is 3. The maximum absolute atomic E-state index is 13.4. The molecule has 41 heavy (non-hydrogen) atoms. The number of carbonyl (C=O) groups excluding carboxylic acids is 3. The first kappa shape index (κ1) is 27.6. The topological polar surface area (TPSA) is 115 Å². The van der Waals surface area contributed by atoms with Crippen LogP contribution in [0.3, 0.4) is 0 Å². The normalized spacial score (nSPS) is 14.5. The number of rotatable bonds is 6. The number of carbonyl (C=O) groups is 3. The zero-order chi connectivity index (χ0) is 29.4. The van der Waals surface area contributed by atoms with Crippen molar-refractivity contribution in [1.82, 2.24) is 9.88 Å². The Labute approximate surface area is 240 Å². The van der Waals surface area contributed by atoms with Crippen LogP contribution < -0.4 is 10.2 Å². The van der Waals surface area contributed by atoms with E-state index in [0.717, 1.165) is 42.9 Å². The van der Waals surface area contributed by atoms with Crippen molar-refractivity contribution in [2.45, 2.75) is 37.5 Å². The lowest BCUT2D eigenvalue weighted by molar-refractivity contribution is -0.384. The van der Waals surface area contributed by atoms with Gasteiger partial charge >= 0.3 is 6.03 Å². The molecule has 206 valence electrons. The van der Waals surface area contributed by atoms with Gasteiger partial charge in [-0.25, -0.2) is 9.69 Å². The fraction of sp³-hybridized carbons (Fsp3) is 0.129. The monoisotopic (exact) mass is 566 g/mol. The van der Waals surface area contributed by atoms with E-state index in [1.165, 1.54) is 30.0 Å². The van der Waals surface area contributed by atoms with Crippen LogP contribution in [0.5, 0.6) is 0 Å². The van der Waals surface area contributed by atoms with Gasteiger partial charge in [-0.1, -0.05) is 17.8 Å². The molecule has 1 N–H and O–H groups in total. The number of urea groups is 1. The highest BCUT2D eigenvalue weighted by molar-refractivity contribution is 7.99. The molecule has 0 saturated carbocycles. The number of nitrogens with one attached hydrogen (secondary N) is 1. The van der Waals surface area contributed by atoms with Gasteiger partial charge in [-0.3, -0.25) is 25.0 Å². The van der Waals surface area contributed by atoms with E-state index >= 15 is 0 Å². The van der Waals surface area contributed by atoms with Gasteiger partial charge in [0.25, 0.3) is 17.5 Å². The first-order valence-electron chi connectivity index (χ1n) is 12.7. The van der Waals surface area contributed by atoms with Crippen molar-refractivity contribution in [2.24, 2.45) is 0 Å². The van der Waals surface area contributed by atoms with Crippen LogP contribution in [0.15, 0.2) is 88.2 Å². The molecule has 5 rings (SSSR count). The molecular weight excluding hydrogens is 540 g/mol. The highest BCUT2D eigenvalue weighted by Crippen LogP contribution is 2.31. The van der Waals surface area contributed by atoms with Gasteiger partial charge in [0.1, 0.15) is 5.57 Å². The summed E-state index contributed by atoms with van der Waals surface area (Å²) in [6.07, 6.45) is 1.53. The number of nitro benzene ring substituents is 1. The molecule has 1 fully saturated rings. The van der Waals surface area contributed by atoms with Crippen molar-refractivity contribution in [3.63, 3.8) is 0 Å². The molecule has 10 heteroatoms. The quantitative estimate of drug-likeness (QED) is 0.124. The Morgan fingerprint density at radius 2 is 1.39 bits per heavy atom. The van der Waals surface area contributed by atoms with Crippen molar-refractivity contribution in [3.05, 3.63) is 117 Å². The van der Waals surface area contributed by atoms with Gasteiger partial charge in [0.05, 0.1) is 10.6 Å². The Hall–Kier alpha value is -4.96. The molecule has 3 aromatic carbocycles. The second-order valence-corrected chi connectivity index (χ2v) is 11.0. The molecule has 1 saturated heterocycles. The molecule has 0 spiro atoms. The van der Waals surface area contributed by atoms with Gasteiger partial charge in [0.2, 0.25) is 0 Å². The zero-order valence-electron chi connectivity index (χ0n) is 22.8. The fourth-order valence-electron chi connectivity index (χ4n) is 4.89. The molecule has 9 nitrogen and oxygen atoms in total. The van der Waals surface area contributed by atoms with Crippen LogP contribution in [0.25, 0.3) is 11.8 Å². The van der Waals surface area contributed by atoms with Gasteiger partial charge in [-0.05, 0) is 105 Å². The predicted molar refractivity (Wildman–Crippen MR) is 157 cm³/mol. The molecule has 0 atom stereocenters. The number of benzene rings is 3. The fourth-order valence-corrected chi connectivity index (χ4v) is 5.71. The predicted octanol–water partition coefficient (Wildman–Crippen LogP) is 6.44. The van der Waals surface area contributed by atoms with Crippen LogP contribution in [0.1, 0.15) is 28.1 Å². The smallest absolute Gasteiger partial charge is 0.318 e. The number of non-ortho nitro benzene ring substituents is 1. The number of barbiturate groups is 1. The summed E-state index contributed by atoms with van der Waals surface area (Å²) in [4.78, 5) is 52.1. The molecule has 4 amide bonds. The molecule has 0 bridgehead atoms. The Kier molecular flexibility index (Phi) is 7.34. The van der Waals surface area contributed by atoms with Gasteiger partial charge < -0.3 is 4.57 Å². The highest BCUT2D eigenvalue weighted by Gasteiger charge is 2.37. The van der Waals surface area contributed by atoms with Gasteiger partial charge in [0, 0.05) is 39.0 Å². The summed E-state index contributed by atoms with van der Waals surface area (Å²) in [6.45, 7) is 7.58. The summed E-state index contributed by atoms with van der Waals surface area (Å²) < 4.78 is 2.02. The van der Waals surface area contributed by atoms with E-state index in [1.807, 2.05) is 68.7 Å². The highest BCUT2D eigenvalue weighted by atomic mass is 32.2. The minimum atomic E-state index is -0.778. The summed E-state index contributed by atoms with van der Waals surface area (Å²) in [5.41, 5.74) is 5.40. The summed E-state index contributed by atoms with van der Waals surface area (Å²) in [5.74, 6) is -1.42. The number of aromatic nitrogens is 1. The maximum Gasteiger partial charge on any atom is 0.335 e. The molecule has 1 aromatic heterocycles. The number of amides is 4. The van der Waals surface area contributed by atoms with E-state index < -0.39 is 22.8 Å². The Bertz CT molecular complexity index is 1730. The van der Waals surface area contributed by atoms with Crippen LogP contribution >= 0.6 is 11.8 Å². The van der Waals surface area contributed by atoms with Crippen LogP contribution in [0.4, 0.5) is 16.2 Å². The van der Waals surface area contributed by atoms with Gasteiger partial charge in [-0.15, -0.1) is 0 Å². The largest absolute Gasteiger partial charge is 0.335 e. The lowest BCUT2D eigenvalue weighted by atomic mass is 10.1. The summed E-state index contributed by atoms with van der Waals surface area (Å²) in [5, 5.41) is 13.2. The number of hydrogen-bond acceptors (Lipinski definition) is 6. The number of nitro groups is 1. The number of aryl methyl sites for hydroxylation is 3. The van der Waals surface area contributed by atoms with Crippen molar-refractivity contribution in [3.8, 4) is 5.69 Å². The number of hydrogen-bond donors (Lipinski definition) is 1. The second kappa shape index (κ2) is 10.9. The van der Waals surface area contributed by atoms with Crippen molar-refractivity contribution in [1.29, 1.82) is 0 Å². The first-order chi connectivity index (χ1) is 19.5. The van der Waals surface area contributed by atoms with Crippen LogP contribution in [0, 0.1) is 37.8 Å². The van der Waals surface area contributed by atoms with Crippen LogP contribution in [-0.4, -0.2) is 27.3 Å². The lowest BCUT2D eigenvalue weighted by Gasteiger charge is -2.27.